The molecule has 0 fully saturated rings. The zero-order chi connectivity index (χ0) is 19.2. The first kappa shape index (κ1) is 18.5. The van der Waals surface area contributed by atoms with Gasteiger partial charge in [0.25, 0.3) is 5.56 Å². The van der Waals surface area contributed by atoms with Gasteiger partial charge < -0.3 is 14.2 Å². The number of benzene rings is 2. The molecule has 0 amide bonds. The number of hydrogen-bond donors (Lipinski definition) is 1. The van der Waals surface area contributed by atoms with E-state index in [9.17, 15) is 4.79 Å². The first-order valence-electron chi connectivity index (χ1n) is 8.47. The fourth-order valence-electron chi connectivity index (χ4n) is 2.66. The second-order valence-electron chi connectivity index (χ2n) is 6.00. The van der Waals surface area contributed by atoms with Gasteiger partial charge in [-0.1, -0.05) is 30.4 Å². The number of aromatic amines is 1. The van der Waals surface area contributed by atoms with Crippen LogP contribution in [-0.4, -0.2) is 30.8 Å². The molecule has 0 aliphatic carbocycles. The van der Waals surface area contributed by atoms with Crippen LogP contribution >= 0.6 is 0 Å². The SMILES string of the molecule is COCOc1ccc(C=Cc2ccc(-n3[nH]c(C)cc3=O)cc2)cc1OC. The molecular formula is C21H22N2O4. The second-order valence-corrected chi connectivity index (χ2v) is 6.00. The molecule has 0 atom stereocenters. The zero-order valence-electron chi connectivity index (χ0n) is 15.6. The summed E-state index contributed by atoms with van der Waals surface area (Å²) in [5, 5.41) is 3.02. The van der Waals surface area contributed by atoms with Gasteiger partial charge in [0.15, 0.2) is 18.3 Å². The summed E-state index contributed by atoms with van der Waals surface area (Å²) in [7, 11) is 3.17. The van der Waals surface area contributed by atoms with Gasteiger partial charge in [-0.15, -0.1) is 0 Å². The van der Waals surface area contributed by atoms with Crippen molar-refractivity contribution in [3.8, 4) is 17.2 Å². The second kappa shape index (κ2) is 8.42. The molecule has 0 bridgehead atoms. The van der Waals surface area contributed by atoms with Gasteiger partial charge >= 0.3 is 0 Å². The number of aryl methyl sites for hydroxylation is 1. The Morgan fingerprint density at radius 2 is 1.67 bits per heavy atom. The number of H-pyrrole nitrogens is 1. The van der Waals surface area contributed by atoms with Crippen molar-refractivity contribution < 1.29 is 14.2 Å². The van der Waals surface area contributed by atoms with E-state index in [2.05, 4.69) is 5.10 Å². The Hall–Kier alpha value is -3.25. The maximum Gasteiger partial charge on any atom is 0.271 e. The highest BCUT2D eigenvalue weighted by Crippen LogP contribution is 2.28. The van der Waals surface area contributed by atoms with Crippen LogP contribution in [0, 0.1) is 6.92 Å². The van der Waals surface area contributed by atoms with E-state index in [1.54, 1.807) is 20.3 Å². The first-order chi connectivity index (χ1) is 13.1. The molecule has 27 heavy (non-hydrogen) atoms. The largest absolute Gasteiger partial charge is 0.493 e. The fraction of sp³-hybridized carbons (Fsp3) is 0.190. The number of ether oxygens (including phenoxy) is 3. The minimum absolute atomic E-state index is 0.0707. The summed E-state index contributed by atoms with van der Waals surface area (Å²) < 4.78 is 17.3. The Labute approximate surface area is 157 Å². The van der Waals surface area contributed by atoms with E-state index in [-0.39, 0.29) is 12.4 Å². The molecule has 6 nitrogen and oxygen atoms in total. The Kier molecular flexibility index (Phi) is 5.78. The summed E-state index contributed by atoms with van der Waals surface area (Å²) in [5.74, 6) is 1.28. The molecule has 0 saturated heterocycles. The van der Waals surface area contributed by atoms with Crippen LogP contribution in [0.4, 0.5) is 0 Å². The molecular weight excluding hydrogens is 344 g/mol. The highest BCUT2D eigenvalue weighted by atomic mass is 16.7. The smallest absolute Gasteiger partial charge is 0.271 e. The van der Waals surface area contributed by atoms with Gasteiger partial charge in [-0.3, -0.25) is 9.89 Å². The van der Waals surface area contributed by atoms with Crippen LogP contribution in [0.3, 0.4) is 0 Å². The summed E-state index contributed by atoms with van der Waals surface area (Å²) in [5.41, 5.74) is 3.56. The number of nitrogens with one attached hydrogen (secondary N) is 1. The van der Waals surface area contributed by atoms with Crippen molar-refractivity contribution in [3.63, 3.8) is 0 Å². The van der Waals surface area contributed by atoms with Crippen LogP contribution in [0.5, 0.6) is 11.5 Å². The molecule has 0 saturated carbocycles. The molecule has 140 valence electrons. The van der Waals surface area contributed by atoms with Gasteiger partial charge in [-0.25, -0.2) is 4.68 Å². The van der Waals surface area contributed by atoms with E-state index in [0.29, 0.717) is 11.5 Å². The lowest BCUT2D eigenvalue weighted by Crippen LogP contribution is -2.13. The molecule has 2 aromatic carbocycles. The highest BCUT2D eigenvalue weighted by Gasteiger charge is 2.05. The third-order valence-corrected chi connectivity index (χ3v) is 3.99. The molecule has 3 aromatic rings. The molecule has 3 rings (SSSR count). The Balaban J connectivity index is 1.76. The third kappa shape index (κ3) is 4.48. The average Bonchev–Trinajstić information content (AvgIpc) is 3.03. The van der Waals surface area contributed by atoms with Crippen LogP contribution < -0.4 is 15.0 Å². The van der Waals surface area contributed by atoms with E-state index >= 15 is 0 Å². The quantitative estimate of drug-likeness (QED) is 0.512. The van der Waals surface area contributed by atoms with Crippen molar-refractivity contribution in [1.82, 2.24) is 9.78 Å². The van der Waals surface area contributed by atoms with Crippen molar-refractivity contribution in [2.24, 2.45) is 0 Å². The summed E-state index contributed by atoms with van der Waals surface area (Å²) >= 11 is 0. The van der Waals surface area contributed by atoms with E-state index in [1.807, 2.05) is 61.5 Å². The fourth-order valence-corrected chi connectivity index (χ4v) is 2.66. The van der Waals surface area contributed by atoms with Crippen molar-refractivity contribution in [3.05, 3.63) is 75.7 Å². The highest BCUT2D eigenvalue weighted by molar-refractivity contribution is 5.71. The van der Waals surface area contributed by atoms with Gasteiger partial charge in [0, 0.05) is 18.9 Å². The normalized spacial score (nSPS) is 11.1. The van der Waals surface area contributed by atoms with Crippen LogP contribution in [0.1, 0.15) is 16.8 Å². The predicted molar refractivity (Wildman–Crippen MR) is 106 cm³/mol. The number of methoxy groups -OCH3 is 2. The number of rotatable bonds is 7. The monoisotopic (exact) mass is 366 g/mol. The lowest BCUT2D eigenvalue weighted by Gasteiger charge is -2.10. The van der Waals surface area contributed by atoms with E-state index in [1.165, 1.54) is 4.68 Å². The Morgan fingerprint density at radius 3 is 2.30 bits per heavy atom. The molecule has 0 aliphatic rings. The van der Waals surface area contributed by atoms with Gasteiger partial charge in [-0.2, -0.15) is 0 Å². The molecule has 6 heteroatoms. The lowest BCUT2D eigenvalue weighted by molar-refractivity contribution is 0.0491. The van der Waals surface area contributed by atoms with Crippen LogP contribution in [0.15, 0.2) is 53.3 Å². The van der Waals surface area contributed by atoms with Crippen molar-refractivity contribution in [1.29, 1.82) is 0 Å². The molecule has 0 unspecified atom stereocenters. The Morgan fingerprint density at radius 1 is 0.963 bits per heavy atom. The molecule has 1 heterocycles. The first-order valence-corrected chi connectivity index (χ1v) is 8.47. The van der Waals surface area contributed by atoms with Crippen LogP contribution in [0.25, 0.3) is 17.8 Å². The van der Waals surface area contributed by atoms with E-state index < -0.39 is 0 Å². The van der Waals surface area contributed by atoms with Gasteiger partial charge in [0.05, 0.1) is 12.8 Å². The maximum absolute atomic E-state index is 11.9. The van der Waals surface area contributed by atoms with Crippen molar-refractivity contribution >= 4 is 12.2 Å². The van der Waals surface area contributed by atoms with Crippen molar-refractivity contribution in [2.75, 3.05) is 21.0 Å². The topological polar surface area (TPSA) is 65.5 Å². The summed E-state index contributed by atoms with van der Waals surface area (Å²) in [6.07, 6.45) is 3.99. The standard InChI is InChI=1S/C21H22N2O4/c1-15-12-21(24)23(22-15)18-9-6-16(7-10-18)4-5-17-8-11-19(27-14-25-2)20(13-17)26-3/h4-13,22H,14H2,1-3H3. The third-order valence-electron chi connectivity index (χ3n) is 3.99. The average molecular weight is 366 g/mol. The van der Waals surface area contributed by atoms with Crippen LogP contribution in [-0.2, 0) is 4.74 Å². The number of nitrogens with zero attached hydrogens (tertiary/aromatic N) is 1. The summed E-state index contributed by atoms with van der Waals surface area (Å²) in [4.78, 5) is 11.9. The summed E-state index contributed by atoms with van der Waals surface area (Å²) in [6, 6.07) is 15.0. The molecule has 0 radical (unpaired) electrons. The number of hydrogen-bond acceptors (Lipinski definition) is 4. The van der Waals surface area contributed by atoms with Crippen LogP contribution in [0.2, 0.25) is 0 Å². The Bertz CT molecular complexity index is 984. The minimum Gasteiger partial charge on any atom is -0.493 e. The van der Waals surface area contributed by atoms with E-state index in [4.69, 9.17) is 14.2 Å². The molecule has 0 spiro atoms. The molecule has 1 N–H and O–H groups in total. The lowest BCUT2D eigenvalue weighted by atomic mass is 10.1. The zero-order valence-corrected chi connectivity index (χ0v) is 15.6. The molecule has 0 aliphatic heterocycles. The van der Waals surface area contributed by atoms with Gasteiger partial charge in [0.1, 0.15) is 0 Å². The molecule has 1 aromatic heterocycles. The van der Waals surface area contributed by atoms with Gasteiger partial charge in [-0.05, 0) is 42.3 Å². The van der Waals surface area contributed by atoms with Crippen molar-refractivity contribution in [2.45, 2.75) is 6.92 Å². The van der Waals surface area contributed by atoms with Gasteiger partial charge in [0.2, 0.25) is 0 Å². The maximum atomic E-state index is 11.9. The minimum atomic E-state index is -0.0707. The predicted octanol–water partition coefficient (Wildman–Crippen LogP) is 3.64. The van der Waals surface area contributed by atoms with E-state index in [0.717, 1.165) is 22.5 Å². The number of aromatic nitrogens is 2. The summed E-state index contributed by atoms with van der Waals surface area (Å²) in [6.45, 7) is 2.02.